The summed E-state index contributed by atoms with van der Waals surface area (Å²) in [6.07, 6.45) is 20.9. The first-order chi connectivity index (χ1) is 12.1. The molecule has 0 aliphatic rings. The van der Waals surface area contributed by atoms with Crippen LogP contribution in [0.2, 0.25) is 0 Å². The first kappa shape index (κ1) is 26.6. The second-order valence-electron chi connectivity index (χ2n) is 7.15. The smallest absolute Gasteiger partial charge is 0.0614 e. The first-order valence-electron chi connectivity index (χ1n) is 10.6. The molecule has 0 unspecified atom stereocenters. The van der Waals surface area contributed by atoms with Crippen molar-refractivity contribution in [2.24, 2.45) is 0 Å². The standard InChI is InChI=1S/C12H24O.C11H22O/c1-3-4-5-6-7-8-9-12(2)10-11-13;1-3-4-5-6-7-8-11(2)9-10-12/h10,13H,3-9,11H2,1-2H3;9,12H,3-8,10H2,1-2H3/b12-10+;11-9+. The molecule has 25 heavy (non-hydrogen) atoms. The van der Waals surface area contributed by atoms with E-state index in [2.05, 4.69) is 27.7 Å². The summed E-state index contributed by atoms with van der Waals surface area (Å²) in [6.45, 7) is 9.06. The maximum Gasteiger partial charge on any atom is 0.0614 e. The van der Waals surface area contributed by atoms with Crippen molar-refractivity contribution in [2.75, 3.05) is 13.2 Å². The van der Waals surface area contributed by atoms with E-state index in [0.29, 0.717) is 0 Å². The minimum atomic E-state index is 0.195. The molecule has 0 heterocycles. The summed E-state index contributed by atoms with van der Waals surface area (Å²) in [4.78, 5) is 0. The van der Waals surface area contributed by atoms with Crippen LogP contribution in [0.15, 0.2) is 23.3 Å². The van der Waals surface area contributed by atoms with Crippen LogP contribution in [-0.4, -0.2) is 23.4 Å². The molecule has 0 rings (SSSR count). The molecule has 0 saturated carbocycles. The fourth-order valence-electron chi connectivity index (χ4n) is 2.71. The van der Waals surface area contributed by atoms with E-state index in [1.54, 1.807) is 0 Å². The quantitative estimate of drug-likeness (QED) is 0.246. The fourth-order valence-corrected chi connectivity index (χ4v) is 2.71. The molecule has 2 N–H and O–H groups in total. The highest BCUT2D eigenvalue weighted by atomic mass is 16.3. The molecule has 2 nitrogen and oxygen atoms in total. The Balaban J connectivity index is 0. The lowest BCUT2D eigenvalue weighted by atomic mass is 10.1. The molecule has 0 aliphatic carbocycles. The molecule has 0 bridgehead atoms. The Labute approximate surface area is 158 Å². The van der Waals surface area contributed by atoms with Gasteiger partial charge in [0.15, 0.2) is 0 Å². The Kier molecular flexibility index (Phi) is 24.9. The molecule has 0 radical (unpaired) electrons. The van der Waals surface area contributed by atoms with Gasteiger partial charge in [-0.25, -0.2) is 0 Å². The van der Waals surface area contributed by atoms with E-state index in [1.807, 2.05) is 12.2 Å². The summed E-state index contributed by atoms with van der Waals surface area (Å²) in [7, 11) is 0. The van der Waals surface area contributed by atoms with Crippen molar-refractivity contribution in [3.63, 3.8) is 0 Å². The molecule has 0 spiro atoms. The Morgan fingerprint density at radius 1 is 0.560 bits per heavy atom. The first-order valence-corrected chi connectivity index (χ1v) is 10.6. The predicted molar refractivity (Wildman–Crippen MR) is 113 cm³/mol. The Bertz CT molecular complexity index is 305. The average molecular weight is 355 g/mol. The Morgan fingerprint density at radius 2 is 0.880 bits per heavy atom. The number of hydrogen-bond donors (Lipinski definition) is 2. The number of allylic oxidation sites excluding steroid dienone is 2. The zero-order valence-corrected chi connectivity index (χ0v) is 17.7. The SMILES string of the molecule is CCCCCCC/C(C)=C/CO.CCCCCCCC/C(C)=C/CO. The van der Waals surface area contributed by atoms with Crippen LogP contribution in [0.4, 0.5) is 0 Å². The highest BCUT2D eigenvalue weighted by Gasteiger charge is 1.92. The van der Waals surface area contributed by atoms with Crippen molar-refractivity contribution in [2.45, 2.75) is 111 Å². The summed E-state index contributed by atoms with van der Waals surface area (Å²) >= 11 is 0. The Hall–Kier alpha value is -0.600. The van der Waals surface area contributed by atoms with E-state index in [4.69, 9.17) is 10.2 Å². The third kappa shape index (κ3) is 25.8. The molecule has 2 heteroatoms. The molecule has 0 saturated heterocycles. The zero-order chi connectivity index (χ0) is 19.2. The summed E-state index contributed by atoms with van der Waals surface area (Å²) < 4.78 is 0. The van der Waals surface area contributed by atoms with Gasteiger partial charge in [-0.2, -0.15) is 0 Å². The van der Waals surface area contributed by atoms with Gasteiger partial charge in [0.25, 0.3) is 0 Å². The highest BCUT2D eigenvalue weighted by molar-refractivity contribution is 4.97. The molecule has 150 valence electrons. The van der Waals surface area contributed by atoms with Crippen LogP contribution in [0.5, 0.6) is 0 Å². The van der Waals surface area contributed by atoms with Gasteiger partial charge >= 0.3 is 0 Å². The predicted octanol–water partition coefficient (Wildman–Crippen LogP) is 6.96. The van der Waals surface area contributed by atoms with Gasteiger partial charge in [0.05, 0.1) is 13.2 Å². The fraction of sp³-hybridized carbons (Fsp3) is 0.826. The van der Waals surface area contributed by atoms with E-state index in [0.717, 1.165) is 12.8 Å². The lowest BCUT2D eigenvalue weighted by molar-refractivity contribution is 0.341. The third-order valence-electron chi connectivity index (χ3n) is 4.48. The third-order valence-corrected chi connectivity index (χ3v) is 4.48. The van der Waals surface area contributed by atoms with Crippen molar-refractivity contribution in [3.8, 4) is 0 Å². The summed E-state index contributed by atoms with van der Waals surface area (Å²) in [5.74, 6) is 0. The van der Waals surface area contributed by atoms with Crippen molar-refractivity contribution in [1.82, 2.24) is 0 Å². The molecule has 0 aromatic carbocycles. The van der Waals surface area contributed by atoms with E-state index in [-0.39, 0.29) is 13.2 Å². The monoisotopic (exact) mass is 354 g/mol. The molecule has 0 amide bonds. The van der Waals surface area contributed by atoms with Gasteiger partial charge in [-0.05, 0) is 39.5 Å². The largest absolute Gasteiger partial charge is 0.392 e. The minimum absolute atomic E-state index is 0.195. The normalized spacial score (nSPS) is 12.1. The van der Waals surface area contributed by atoms with E-state index in [1.165, 1.54) is 81.8 Å². The second kappa shape index (κ2) is 23.4. The molecular weight excluding hydrogens is 308 g/mol. The van der Waals surface area contributed by atoms with Crippen LogP contribution in [0.1, 0.15) is 111 Å². The van der Waals surface area contributed by atoms with Gasteiger partial charge in [-0.3, -0.25) is 0 Å². The topological polar surface area (TPSA) is 40.5 Å². The number of hydrogen-bond acceptors (Lipinski definition) is 2. The zero-order valence-electron chi connectivity index (χ0n) is 17.7. The molecule has 0 aromatic heterocycles. The van der Waals surface area contributed by atoms with Gasteiger partial charge in [0, 0.05) is 0 Å². The molecular formula is C23H46O2. The summed E-state index contributed by atoms with van der Waals surface area (Å²) in [5.41, 5.74) is 2.66. The number of unbranched alkanes of at least 4 members (excludes halogenated alkanes) is 9. The average Bonchev–Trinajstić information content (AvgIpc) is 2.59. The van der Waals surface area contributed by atoms with Crippen molar-refractivity contribution in [3.05, 3.63) is 23.3 Å². The molecule has 0 aromatic rings. The maximum atomic E-state index is 8.63. The van der Waals surface area contributed by atoms with Gasteiger partial charge in [-0.15, -0.1) is 0 Å². The number of aliphatic hydroxyl groups is 2. The second-order valence-corrected chi connectivity index (χ2v) is 7.15. The van der Waals surface area contributed by atoms with Gasteiger partial charge in [0.1, 0.15) is 0 Å². The molecule has 0 fully saturated rings. The van der Waals surface area contributed by atoms with Crippen LogP contribution in [0, 0.1) is 0 Å². The summed E-state index contributed by atoms with van der Waals surface area (Å²) in [5, 5.41) is 17.2. The van der Waals surface area contributed by atoms with Crippen molar-refractivity contribution < 1.29 is 10.2 Å². The van der Waals surface area contributed by atoms with Crippen LogP contribution in [0.25, 0.3) is 0 Å². The molecule has 0 aliphatic heterocycles. The maximum absolute atomic E-state index is 8.63. The van der Waals surface area contributed by atoms with Crippen LogP contribution in [0.3, 0.4) is 0 Å². The van der Waals surface area contributed by atoms with E-state index >= 15 is 0 Å². The van der Waals surface area contributed by atoms with Crippen LogP contribution in [-0.2, 0) is 0 Å². The lowest BCUT2D eigenvalue weighted by Crippen LogP contribution is -1.83. The van der Waals surface area contributed by atoms with Crippen molar-refractivity contribution >= 4 is 0 Å². The lowest BCUT2D eigenvalue weighted by Gasteiger charge is -2.01. The summed E-state index contributed by atoms with van der Waals surface area (Å²) in [6, 6.07) is 0. The Morgan fingerprint density at radius 3 is 1.20 bits per heavy atom. The van der Waals surface area contributed by atoms with E-state index < -0.39 is 0 Å². The van der Waals surface area contributed by atoms with E-state index in [9.17, 15) is 0 Å². The highest BCUT2D eigenvalue weighted by Crippen LogP contribution is 2.11. The van der Waals surface area contributed by atoms with Gasteiger partial charge < -0.3 is 10.2 Å². The number of rotatable bonds is 15. The van der Waals surface area contributed by atoms with Gasteiger partial charge in [0.2, 0.25) is 0 Å². The van der Waals surface area contributed by atoms with Crippen molar-refractivity contribution in [1.29, 1.82) is 0 Å². The number of aliphatic hydroxyl groups excluding tert-OH is 2. The van der Waals surface area contributed by atoms with Gasteiger partial charge in [-0.1, -0.05) is 94.9 Å². The minimum Gasteiger partial charge on any atom is -0.392 e. The van der Waals surface area contributed by atoms with Crippen LogP contribution < -0.4 is 0 Å². The molecule has 0 atom stereocenters. The van der Waals surface area contributed by atoms with Crippen LogP contribution >= 0.6 is 0 Å².